The molecule has 0 spiro atoms. The van der Waals surface area contributed by atoms with Crippen molar-refractivity contribution in [3.05, 3.63) is 62.7 Å². The van der Waals surface area contributed by atoms with Gasteiger partial charge in [0.1, 0.15) is 0 Å². The van der Waals surface area contributed by atoms with E-state index in [1.165, 1.54) is 16.8 Å². The molecule has 1 aliphatic carbocycles. The number of halogens is 4. The first-order chi connectivity index (χ1) is 13.0. The third kappa shape index (κ3) is 2.91. The van der Waals surface area contributed by atoms with Crippen molar-refractivity contribution in [1.82, 2.24) is 14.3 Å². The van der Waals surface area contributed by atoms with E-state index < -0.39 is 22.3 Å². The summed E-state index contributed by atoms with van der Waals surface area (Å²) in [7, 11) is 1.66. The quantitative estimate of drug-likeness (QED) is 0.710. The van der Waals surface area contributed by atoms with Gasteiger partial charge in [0.25, 0.3) is 5.56 Å². The summed E-state index contributed by atoms with van der Waals surface area (Å²) in [6.07, 6.45) is -0.898. The number of rotatable bonds is 3. The highest BCUT2D eigenvalue weighted by molar-refractivity contribution is 6.31. The largest absolute Gasteiger partial charge is 0.417 e. The first-order valence-electron chi connectivity index (χ1n) is 8.76. The van der Waals surface area contributed by atoms with Crippen LogP contribution in [-0.2, 0) is 18.8 Å². The van der Waals surface area contributed by atoms with E-state index in [9.17, 15) is 18.0 Å². The maximum absolute atomic E-state index is 13.0. The summed E-state index contributed by atoms with van der Waals surface area (Å²) in [6.45, 7) is 1.66. The minimum atomic E-state index is -4.55. The van der Waals surface area contributed by atoms with Crippen LogP contribution in [0.25, 0.3) is 10.9 Å². The third-order valence-corrected chi connectivity index (χ3v) is 5.54. The maximum atomic E-state index is 13.0. The minimum absolute atomic E-state index is 0.192. The van der Waals surface area contributed by atoms with Crippen molar-refractivity contribution in [2.75, 3.05) is 0 Å². The predicted octanol–water partition coefficient (Wildman–Crippen LogP) is 3.96. The van der Waals surface area contributed by atoms with Crippen LogP contribution in [0.5, 0.6) is 0 Å². The van der Waals surface area contributed by atoms with Crippen molar-refractivity contribution in [2.24, 2.45) is 12.8 Å². The molecule has 1 fully saturated rings. The van der Waals surface area contributed by atoms with E-state index >= 15 is 0 Å². The number of fused-ring (bicyclic) bond motifs is 1. The van der Waals surface area contributed by atoms with Crippen LogP contribution in [0, 0.1) is 0 Å². The number of hydrogen-bond donors (Lipinski definition) is 1. The van der Waals surface area contributed by atoms with Crippen molar-refractivity contribution in [3.63, 3.8) is 0 Å². The molecule has 0 bridgehead atoms. The van der Waals surface area contributed by atoms with E-state index in [2.05, 4.69) is 5.10 Å². The minimum Gasteiger partial charge on any atom is -0.317 e. The Kier molecular flexibility index (Phi) is 4.13. The number of benzene rings is 1. The number of aryl methyl sites for hydroxylation is 1. The molecular weight excluding hydrogens is 393 g/mol. The topological polar surface area (TPSA) is 65.8 Å². The van der Waals surface area contributed by atoms with Crippen LogP contribution in [0.4, 0.5) is 13.2 Å². The lowest BCUT2D eigenvalue weighted by atomic mass is 9.87. The number of aromatic nitrogens is 3. The molecule has 1 saturated carbocycles. The summed E-state index contributed by atoms with van der Waals surface area (Å²) in [5.41, 5.74) is 5.43. The average Bonchev–Trinajstić information content (AvgIpc) is 3.36. The third-order valence-electron chi connectivity index (χ3n) is 5.23. The molecule has 0 radical (unpaired) electrons. The van der Waals surface area contributed by atoms with Gasteiger partial charge in [0.15, 0.2) is 5.52 Å². The number of nitrogens with zero attached hydrogens (tertiary/aromatic N) is 3. The van der Waals surface area contributed by atoms with Gasteiger partial charge in [-0.1, -0.05) is 17.7 Å². The van der Waals surface area contributed by atoms with Gasteiger partial charge in [-0.05, 0) is 43.5 Å². The molecule has 28 heavy (non-hydrogen) atoms. The van der Waals surface area contributed by atoms with Gasteiger partial charge in [-0.2, -0.15) is 18.3 Å². The second-order valence-corrected chi connectivity index (χ2v) is 7.80. The highest BCUT2D eigenvalue weighted by Crippen LogP contribution is 2.39. The van der Waals surface area contributed by atoms with Crippen LogP contribution in [0.3, 0.4) is 0 Å². The molecule has 5 nitrogen and oxygen atoms in total. The zero-order valence-electron chi connectivity index (χ0n) is 15.2. The molecule has 0 amide bonds. The molecule has 2 heterocycles. The lowest BCUT2D eigenvalue weighted by Crippen LogP contribution is -2.36. The molecule has 2 aromatic heterocycles. The first kappa shape index (κ1) is 19.0. The van der Waals surface area contributed by atoms with Crippen molar-refractivity contribution in [2.45, 2.75) is 37.5 Å². The standard InChI is InChI=1S/C19H18ClF3N4O/c1-18(24,10-3-6-13(14(20)9-10)19(21,22)23)16-12-7-8-27(11-4-5-11)17(28)15(12)25-26(16)2/h3,6-9,11H,4-5,24H2,1-2H3/t18-/m0/s1. The van der Waals surface area contributed by atoms with Crippen molar-refractivity contribution in [1.29, 1.82) is 0 Å². The van der Waals surface area contributed by atoms with Crippen LogP contribution < -0.4 is 11.3 Å². The number of nitrogens with two attached hydrogens (primary N) is 1. The van der Waals surface area contributed by atoms with Crippen molar-refractivity contribution >= 4 is 22.5 Å². The summed E-state index contributed by atoms with van der Waals surface area (Å²) in [6, 6.07) is 5.43. The molecule has 1 atom stereocenters. The lowest BCUT2D eigenvalue weighted by Gasteiger charge is -2.27. The Bertz CT molecular complexity index is 1140. The summed E-state index contributed by atoms with van der Waals surface area (Å²) in [5, 5.41) is 4.49. The van der Waals surface area contributed by atoms with Crippen LogP contribution >= 0.6 is 11.6 Å². The van der Waals surface area contributed by atoms with Crippen molar-refractivity contribution in [3.8, 4) is 0 Å². The summed E-state index contributed by atoms with van der Waals surface area (Å²) < 4.78 is 42.2. The summed E-state index contributed by atoms with van der Waals surface area (Å²) in [4.78, 5) is 12.7. The second kappa shape index (κ2) is 6.09. The zero-order chi connectivity index (χ0) is 20.4. The van der Waals surface area contributed by atoms with Crippen LogP contribution in [0.1, 0.15) is 42.6 Å². The normalized spacial score (nSPS) is 17.1. The fourth-order valence-electron chi connectivity index (χ4n) is 3.66. The Morgan fingerprint density at radius 2 is 1.93 bits per heavy atom. The molecule has 3 aromatic rings. The zero-order valence-corrected chi connectivity index (χ0v) is 16.0. The van der Waals surface area contributed by atoms with Crippen molar-refractivity contribution < 1.29 is 13.2 Å². The van der Waals surface area contributed by atoms with Gasteiger partial charge in [0, 0.05) is 24.7 Å². The number of hydrogen-bond acceptors (Lipinski definition) is 3. The Hall–Kier alpha value is -2.32. The van der Waals surface area contributed by atoms with E-state index in [1.54, 1.807) is 30.8 Å². The molecule has 9 heteroatoms. The molecule has 0 saturated heterocycles. The molecule has 2 N–H and O–H groups in total. The summed E-state index contributed by atoms with van der Waals surface area (Å²) in [5.74, 6) is 0. The molecule has 4 rings (SSSR count). The Morgan fingerprint density at radius 3 is 2.50 bits per heavy atom. The molecule has 1 aromatic carbocycles. The van der Waals surface area contributed by atoms with Crippen LogP contribution in [0.2, 0.25) is 5.02 Å². The molecule has 0 aliphatic heterocycles. The SMILES string of the molecule is Cn1nc2c(=O)n(C3CC3)ccc2c1[C@@](C)(N)c1ccc(C(F)(F)F)c(Cl)c1. The predicted molar refractivity (Wildman–Crippen MR) is 100 cm³/mol. The smallest absolute Gasteiger partial charge is 0.317 e. The Morgan fingerprint density at radius 1 is 1.25 bits per heavy atom. The molecule has 0 unspecified atom stereocenters. The fraction of sp³-hybridized carbons (Fsp3) is 0.368. The van der Waals surface area contributed by atoms with Gasteiger partial charge in [-0.15, -0.1) is 0 Å². The van der Waals surface area contributed by atoms with E-state index in [1.807, 2.05) is 0 Å². The van der Waals surface area contributed by atoms with E-state index in [0.717, 1.165) is 18.9 Å². The highest BCUT2D eigenvalue weighted by atomic mass is 35.5. The van der Waals surface area contributed by atoms with E-state index in [0.29, 0.717) is 22.2 Å². The van der Waals surface area contributed by atoms with E-state index in [4.69, 9.17) is 17.3 Å². The van der Waals surface area contributed by atoms with Gasteiger partial charge in [-0.25, -0.2) is 0 Å². The average molecular weight is 411 g/mol. The van der Waals surface area contributed by atoms with Crippen LogP contribution in [-0.4, -0.2) is 14.3 Å². The molecule has 148 valence electrons. The van der Waals surface area contributed by atoms with Gasteiger partial charge < -0.3 is 10.3 Å². The van der Waals surface area contributed by atoms with Gasteiger partial charge >= 0.3 is 6.18 Å². The van der Waals surface area contributed by atoms with Gasteiger partial charge in [0.05, 0.1) is 21.8 Å². The summed E-state index contributed by atoms with van der Waals surface area (Å²) >= 11 is 5.88. The second-order valence-electron chi connectivity index (χ2n) is 7.39. The Balaban J connectivity index is 1.87. The fourth-order valence-corrected chi connectivity index (χ4v) is 3.95. The molecule has 1 aliphatic rings. The Labute approximate surface area is 163 Å². The monoisotopic (exact) mass is 410 g/mol. The highest BCUT2D eigenvalue weighted by Gasteiger charge is 2.36. The van der Waals surface area contributed by atoms with E-state index in [-0.39, 0.29) is 11.6 Å². The number of pyridine rings is 1. The van der Waals surface area contributed by atoms with Crippen LogP contribution in [0.15, 0.2) is 35.3 Å². The number of alkyl halides is 3. The van der Waals surface area contributed by atoms with Gasteiger partial charge in [0.2, 0.25) is 0 Å². The maximum Gasteiger partial charge on any atom is 0.417 e. The first-order valence-corrected chi connectivity index (χ1v) is 9.14. The van der Waals surface area contributed by atoms with Gasteiger partial charge in [-0.3, -0.25) is 9.48 Å². The molecular formula is C19H18ClF3N4O. The lowest BCUT2D eigenvalue weighted by molar-refractivity contribution is -0.137.